The van der Waals surface area contributed by atoms with Crippen LogP contribution in [0.25, 0.3) is 0 Å². The van der Waals surface area contributed by atoms with E-state index in [-0.39, 0.29) is 10.8 Å². The molecule has 2 aromatic heterocycles. The van der Waals surface area contributed by atoms with Gasteiger partial charge in [0.2, 0.25) is 10.0 Å². The molecule has 0 aliphatic carbocycles. The Morgan fingerprint density at radius 2 is 2.25 bits per heavy atom. The zero-order valence-electron chi connectivity index (χ0n) is 11.2. The summed E-state index contributed by atoms with van der Waals surface area (Å²) in [4.78, 5) is 11.6. The molecule has 3 heterocycles. The average Bonchev–Trinajstić information content (AvgIpc) is 3.08. The van der Waals surface area contributed by atoms with Crippen LogP contribution in [-0.4, -0.2) is 40.8 Å². The molecule has 0 unspecified atom stereocenters. The number of aromatic amines is 1. The third-order valence-electron chi connectivity index (χ3n) is 3.53. The van der Waals surface area contributed by atoms with Crippen LogP contribution in [0.4, 0.5) is 0 Å². The van der Waals surface area contributed by atoms with E-state index in [4.69, 9.17) is 0 Å². The first-order valence-corrected chi connectivity index (χ1v) is 7.93. The van der Waals surface area contributed by atoms with Crippen LogP contribution in [0.2, 0.25) is 0 Å². The van der Waals surface area contributed by atoms with Crippen LogP contribution in [-0.2, 0) is 10.0 Å². The van der Waals surface area contributed by atoms with Gasteiger partial charge in [-0.2, -0.15) is 4.31 Å². The van der Waals surface area contributed by atoms with Gasteiger partial charge in [-0.3, -0.25) is 4.98 Å². The monoisotopic (exact) mass is 292 g/mol. The van der Waals surface area contributed by atoms with E-state index in [2.05, 4.69) is 15.0 Å². The molecule has 2 aromatic rings. The summed E-state index contributed by atoms with van der Waals surface area (Å²) in [5.74, 6) is 1.00. The van der Waals surface area contributed by atoms with Crippen LogP contribution in [0.15, 0.2) is 35.6 Å². The quantitative estimate of drug-likeness (QED) is 0.924. The van der Waals surface area contributed by atoms with Gasteiger partial charge in [-0.05, 0) is 25.5 Å². The van der Waals surface area contributed by atoms with Crippen LogP contribution in [0.1, 0.15) is 23.9 Å². The third kappa shape index (κ3) is 2.34. The van der Waals surface area contributed by atoms with Crippen molar-refractivity contribution in [3.8, 4) is 0 Å². The zero-order chi connectivity index (χ0) is 14.2. The lowest BCUT2D eigenvalue weighted by molar-refractivity contribution is 0.471. The van der Waals surface area contributed by atoms with E-state index in [0.717, 1.165) is 17.9 Å². The maximum Gasteiger partial charge on any atom is 0.244 e. The van der Waals surface area contributed by atoms with Gasteiger partial charge >= 0.3 is 0 Å². The summed E-state index contributed by atoms with van der Waals surface area (Å²) in [6.45, 7) is 2.92. The van der Waals surface area contributed by atoms with Crippen LogP contribution < -0.4 is 0 Å². The van der Waals surface area contributed by atoms with Gasteiger partial charge in [0.05, 0.1) is 0 Å². The Hall–Kier alpha value is -1.73. The number of aryl methyl sites for hydroxylation is 1. The van der Waals surface area contributed by atoms with Gasteiger partial charge in [0.15, 0.2) is 0 Å². The lowest BCUT2D eigenvalue weighted by Crippen LogP contribution is -2.28. The molecule has 0 aromatic carbocycles. The number of hydrogen-bond donors (Lipinski definition) is 1. The Morgan fingerprint density at radius 1 is 1.40 bits per heavy atom. The highest BCUT2D eigenvalue weighted by atomic mass is 32.2. The number of H-pyrrole nitrogens is 1. The van der Waals surface area contributed by atoms with Crippen LogP contribution in [0, 0.1) is 6.92 Å². The number of hydrogen-bond acceptors (Lipinski definition) is 4. The summed E-state index contributed by atoms with van der Waals surface area (Å²) in [6.07, 6.45) is 5.51. The predicted molar refractivity (Wildman–Crippen MR) is 73.7 cm³/mol. The van der Waals surface area contributed by atoms with Crippen molar-refractivity contribution in [3.05, 3.63) is 42.2 Å². The molecule has 1 aliphatic rings. The highest BCUT2D eigenvalue weighted by Crippen LogP contribution is 2.29. The number of aromatic nitrogens is 3. The summed E-state index contributed by atoms with van der Waals surface area (Å²) in [6, 6.07) is 3.21. The number of nitrogens with zero attached hydrogens (tertiary/aromatic N) is 3. The molecule has 3 rings (SSSR count). The molecule has 20 heavy (non-hydrogen) atoms. The average molecular weight is 292 g/mol. The van der Waals surface area contributed by atoms with Gasteiger partial charge in [-0.15, -0.1) is 0 Å². The number of imidazole rings is 1. The van der Waals surface area contributed by atoms with E-state index in [1.165, 1.54) is 10.5 Å². The second kappa shape index (κ2) is 4.99. The second-order valence-electron chi connectivity index (χ2n) is 4.99. The van der Waals surface area contributed by atoms with Gasteiger partial charge in [-0.1, -0.05) is 0 Å². The van der Waals surface area contributed by atoms with E-state index >= 15 is 0 Å². The second-order valence-corrected chi connectivity index (χ2v) is 6.93. The fourth-order valence-corrected chi connectivity index (χ4v) is 3.92. The molecule has 0 radical (unpaired) electrons. The Morgan fingerprint density at radius 3 is 2.90 bits per heavy atom. The minimum atomic E-state index is -3.44. The Bertz CT molecular complexity index is 696. The molecular formula is C13H16N4O2S. The molecule has 0 spiro atoms. The fraction of sp³-hybridized carbons (Fsp3) is 0.385. The Labute approximate surface area is 117 Å². The number of nitrogens with one attached hydrogen (secondary N) is 1. The Kier molecular flexibility index (Phi) is 3.31. The first kappa shape index (κ1) is 13.3. The third-order valence-corrected chi connectivity index (χ3v) is 5.38. The van der Waals surface area contributed by atoms with Crippen molar-refractivity contribution < 1.29 is 8.42 Å². The van der Waals surface area contributed by atoms with E-state index in [0.29, 0.717) is 13.1 Å². The summed E-state index contributed by atoms with van der Waals surface area (Å²) in [7, 11) is -3.44. The number of rotatable bonds is 3. The summed E-state index contributed by atoms with van der Waals surface area (Å²) in [5.41, 5.74) is 0.994. The van der Waals surface area contributed by atoms with Crippen LogP contribution >= 0.6 is 0 Å². The number of pyridine rings is 1. The minimum absolute atomic E-state index is 0.134. The smallest absolute Gasteiger partial charge is 0.244 e. The molecule has 0 amide bonds. The molecule has 0 saturated carbocycles. The van der Waals surface area contributed by atoms with Gasteiger partial charge in [0, 0.05) is 43.3 Å². The largest absolute Gasteiger partial charge is 0.346 e. The van der Waals surface area contributed by atoms with E-state index in [9.17, 15) is 8.42 Å². The van der Waals surface area contributed by atoms with Crippen molar-refractivity contribution in [1.29, 1.82) is 0 Å². The van der Waals surface area contributed by atoms with Gasteiger partial charge in [0.1, 0.15) is 10.7 Å². The molecule has 1 saturated heterocycles. The molecule has 1 fully saturated rings. The highest BCUT2D eigenvalue weighted by molar-refractivity contribution is 7.89. The van der Waals surface area contributed by atoms with Gasteiger partial charge in [-0.25, -0.2) is 13.4 Å². The van der Waals surface area contributed by atoms with Crippen LogP contribution in [0.5, 0.6) is 0 Å². The molecule has 6 nitrogen and oxygen atoms in total. The molecule has 0 bridgehead atoms. The fourth-order valence-electron chi connectivity index (χ4n) is 2.46. The number of sulfonamides is 1. The predicted octanol–water partition coefficient (Wildman–Crippen LogP) is 1.29. The molecule has 106 valence electrons. The normalized spacial score (nSPS) is 20.4. The van der Waals surface area contributed by atoms with Gasteiger partial charge < -0.3 is 4.98 Å². The topological polar surface area (TPSA) is 79.0 Å². The van der Waals surface area contributed by atoms with E-state index in [1.807, 2.05) is 6.92 Å². The summed E-state index contributed by atoms with van der Waals surface area (Å²) >= 11 is 0. The SMILES string of the molecule is Cc1cnc([C@H]2CCN(S(=O)(=O)c3cccnc3)C2)[nH]1. The van der Waals surface area contributed by atoms with Crippen molar-refractivity contribution >= 4 is 10.0 Å². The Balaban J connectivity index is 1.80. The first-order chi connectivity index (χ1) is 9.57. The molecule has 1 N–H and O–H groups in total. The lowest BCUT2D eigenvalue weighted by atomic mass is 10.1. The summed E-state index contributed by atoms with van der Waals surface area (Å²) in [5, 5.41) is 0. The van der Waals surface area contributed by atoms with E-state index < -0.39 is 10.0 Å². The van der Waals surface area contributed by atoms with Crippen molar-refractivity contribution in [2.75, 3.05) is 13.1 Å². The maximum atomic E-state index is 12.5. The standard InChI is InChI=1S/C13H16N4O2S/c1-10-7-15-13(16-10)11-4-6-17(9-11)20(18,19)12-3-2-5-14-8-12/h2-3,5,7-8,11H,4,6,9H2,1H3,(H,15,16)/t11-/m0/s1. The molecule has 7 heteroatoms. The molecular weight excluding hydrogens is 276 g/mol. The maximum absolute atomic E-state index is 12.5. The first-order valence-electron chi connectivity index (χ1n) is 6.49. The van der Waals surface area contributed by atoms with Gasteiger partial charge in [0.25, 0.3) is 0 Å². The molecule has 1 aliphatic heterocycles. The van der Waals surface area contributed by atoms with Crippen molar-refractivity contribution in [2.24, 2.45) is 0 Å². The lowest BCUT2D eigenvalue weighted by Gasteiger charge is -2.15. The van der Waals surface area contributed by atoms with Crippen molar-refractivity contribution in [1.82, 2.24) is 19.3 Å². The van der Waals surface area contributed by atoms with Crippen molar-refractivity contribution in [3.63, 3.8) is 0 Å². The van der Waals surface area contributed by atoms with Crippen LogP contribution in [0.3, 0.4) is 0 Å². The molecule has 1 atom stereocenters. The van der Waals surface area contributed by atoms with Crippen molar-refractivity contribution in [2.45, 2.75) is 24.2 Å². The van der Waals surface area contributed by atoms with E-state index in [1.54, 1.807) is 24.5 Å². The summed E-state index contributed by atoms with van der Waals surface area (Å²) < 4.78 is 26.5. The zero-order valence-corrected chi connectivity index (χ0v) is 12.0. The minimum Gasteiger partial charge on any atom is -0.346 e. The highest BCUT2D eigenvalue weighted by Gasteiger charge is 2.34.